The molecule has 0 aromatic heterocycles. The summed E-state index contributed by atoms with van der Waals surface area (Å²) in [5.41, 5.74) is 5.94. The maximum Gasteiger partial charge on any atom is 0.245 e. The highest BCUT2D eigenvalue weighted by atomic mass is 35.5. The molecule has 0 unspecified atom stereocenters. The number of nitrogens with zero attached hydrogens (tertiary/aromatic N) is 1. The lowest BCUT2D eigenvalue weighted by molar-refractivity contribution is 0.148. The minimum atomic E-state index is -3.59. The summed E-state index contributed by atoms with van der Waals surface area (Å²) >= 11 is 5.83. The standard InChI is InChI=1S/C11H15ClN2O3S/c12-9-2-3-10(13)11(8-9)18(15,16)14-4-1-6-17-7-5-14/h2-3,8H,1,4-7,13H2. The van der Waals surface area contributed by atoms with Crippen molar-refractivity contribution in [3.63, 3.8) is 0 Å². The van der Waals surface area contributed by atoms with Gasteiger partial charge in [-0.15, -0.1) is 0 Å². The highest BCUT2D eigenvalue weighted by molar-refractivity contribution is 7.89. The Bertz CT molecular complexity index is 525. The van der Waals surface area contributed by atoms with Gasteiger partial charge in [0.2, 0.25) is 10.0 Å². The zero-order chi connectivity index (χ0) is 13.2. The fourth-order valence-corrected chi connectivity index (χ4v) is 3.68. The third kappa shape index (κ3) is 2.77. The van der Waals surface area contributed by atoms with Crippen LogP contribution in [0.4, 0.5) is 5.69 Å². The Kier molecular flexibility index (Phi) is 4.11. The molecule has 0 saturated carbocycles. The summed E-state index contributed by atoms with van der Waals surface area (Å²) in [6, 6.07) is 4.46. The molecule has 1 fully saturated rings. The molecular weight excluding hydrogens is 276 g/mol. The number of ether oxygens (including phenoxy) is 1. The van der Waals surface area contributed by atoms with Crippen molar-refractivity contribution in [2.75, 3.05) is 32.0 Å². The highest BCUT2D eigenvalue weighted by Gasteiger charge is 2.27. The molecule has 100 valence electrons. The Balaban J connectivity index is 2.37. The van der Waals surface area contributed by atoms with Gasteiger partial charge in [0.1, 0.15) is 4.90 Å². The number of rotatable bonds is 2. The average Bonchev–Trinajstić information content (AvgIpc) is 2.61. The van der Waals surface area contributed by atoms with Crippen molar-refractivity contribution in [1.29, 1.82) is 0 Å². The van der Waals surface area contributed by atoms with E-state index in [9.17, 15) is 8.42 Å². The van der Waals surface area contributed by atoms with Crippen LogP contribution in [0.1, 0.15) is 6.42 Å². The van der Waals surface area contributed by atoms with Gasteiger partial charge in [-0.2, -0.15) is 4.31 Å². The van der Waals surface area contributed by atoms with Crippen molar-refractivity contribution >= 4 is 27.3 Å². The number of halogens is 1. The molecule has 0 spiro atoms. The minimum absolute atomic E-state index is 0.0666. The number of nitrogen functional groups attached to an aromatic ring is 1. The summed E-state index contributed by atoms with van der Waals surface area (Å²) in [6.45, 7) is 1.76. The third-order valence-electron chi connectivity index (χ3n) is 2.77. The molecule has 2 N–H and O–H groups in total. The van der Waals surface area contributed by atoms with E-state index >= 15 is 0 Å². The van der Waals surface area contributed by atoms with E-state index in [0.29, 0.717) is 37.7 Å². The van der Waals surface area contributed by atoms with E-state index in [2.05, 4.69) is 0 Å². The van der Waals surface area contributed by atoms with Gasteiger partial charge in [-0.1, -0.05) is 11.6 Å². The summed E-state index contributed by atoms with van der Waals surface area (Å²) in [7, 11) is -3.59. The summed E-state index contributed by atoms with van der Waals surface area (Å²) in [4.78, 5) is 0.0666. The van der Waals surface area contributed by atoms with Crippen LogP contribution in [0.5, 0.6) is 0 Å². The van der Waals surface area contributed by atoms with Gasteiger partial charge in [0.05, 0.1) is 12.3 Å². The van der Waals surface area contributed by atoms with Gasteiger partial charge in [-0.25, -0.2) is 8.42 Å². The molecule has 0 bridgehead atoms. The maximum atomic E-state index is 12.4. The van der Waals surface area contributed by atoms with Gasteiger partial charge >= 0.3 is 0 Å². The Labute approximate surface area is 112 Å². The molecule has 0 radical (unpaired) electrons. The van der Waals surface area contributed by atoms with E-state index in [-0.39, 0.29) is 10.6 Å². The first-order valence-electron chi connectivity index (χ1n) is 5.65. The first kappa shape index (κ1) is 13.6. The smallest absolute Gasteiger partial charge is 0.245 e. The number of nitrogens with two attached hydrogens (primary N) is 1. The second-order valence-electron chi connectivity index (χ2n) is 4.05. The Morgan fingerprint density at radius 3 is 2.83 bits per heavy atom. The molecule has 7 heteroatoms. The predicted molar refractivity (Wildman–Crippen MR) is 70.1 cm³/mol. The van der Waals surface area contributed by atoms with E-state index in [1.165, 1.54) is 16.4 Å². The molecule has 0 atom stereocenters. The zero-order valence-corrected chi connectivity index (χ0v) is 11.4. The topological polar surface area (TPSA) is 72.6 Å². The van der Waals surface area contributed by atoms with E-state index in [1.807, 2.05) is 0 Å². The Morgan fingerprint density at radius 2 is 2.06 bits per heavy atom. The van der Waals surface area contributed by atoms with Crippen molar-refractivity contribution < 1.29 is 13.2 Å². The second kappa shape index (κ2) is 5.44. The summed E-state index contributed by atoms with van der Waals surface area (Å²) in [5, 5.41) is 0.355. The predicted octanol–water partition coefficient (Wildman–Crippen LogP) is 1.33. The number of benzene rings is 1. The molecule has 1 aromatic carbocycles. The molecule has 1 aliphatic rings. The molecule has 1 aliphatic heterocycles. The fraction of sp³-hybridized carbons (Fsp3) is 0.455. The van der Waals surface area contributed by atoms with Crippen molar-refractivity contribution in [2.45, 2.75) is 11.3 Å². The van der Waals surface area contributed by atoms with Crippen molar-refractivity contribution in [2.24, 2.45) is 0 Å². The Hall–Kier alpha value is -0.820. The third-order valence-corrected chi connectivity index (χ3v) is 4.96. The molecule has 0 amide bonds. The number of sulfonamides is 1. The number of hydrogen-bond donors (Lipinski definition) is 1. The normalized spacial score (nSPS) is 18.5. The lowest BCUT2D eigenvalue weighted by Crippen LogP contribution is -2.33. The Morgan fingerprint density at radius 1 is 1.28 bits per heavy atom. The van der Waals surface area contributed by atoms with Gasteiger partial charge in [0.15, 0.2) is 0 Å². The van der Waals surface area contributed by atoms with E-state index in [4.69, 9.17) is 22.1 Å². The molecule has 2 rings (SSSR count). The van der Waals surface area contributed by atoms with Gasteiger partial charge in [0.25, 0.3) is 0 Å². The lowest BCUT2D eigenvalue weighted by Gasteiger charge is -2.20. The van der Waals surface area contributed by atoms with Gasteiger partial charge in [-0.3, -0.25) is 0 Å². The van der Waals surface area contributed by atoms with Gasteiger partial charge < -0.3 is 10.5 Å². The van der Waals surface area contributed by atoms with Crippen LogP contribution in [-0.2, 0) is 14.8 Å². The molecule has 5 nitrogen and oxygen atoms in total. The van der Waals surface area contributed by atoms with Crippen LogP contribution in [0.25, 0.3) is 0 Å². The van der Waals surface area contributed by atoms with Crippen molar-refractivity contribution in [1.82, 2.24) is 4.31 Å². The molecule has 18 heavy (non-hydrogen) atoms. The fourth-order valence-electron chi connectivity index (χ4n) is 1.83. The minimum Gasteiger partial charge on any atom is -0.398 e. The van der Waals surface area contributed by atoms with Gasteiger partial charge in [0, 0.05) is 24.7 Å². The summed E-state index contributed by atoms with van der Waals surface area (Å²) in [5.74, 6) is 0. The molecular formula is C11H15ClN2O3S. The van der Waals surface area contributed by atoms with Crippen LogP contribution in [-0.4, -0.2) is 39.0 Å². The largest absolute Gasteiger partial charge is 0.398 e. The van der Waals surface area contributed by atoms with E-state index < -0.39 is 10.0 Å². The van der Waals surface area contributed by atoms with Gasteiger partial charge in [-0.05, 0) is 24.6 Å². The van der Waals surface area contributed by atoms with E-state index in [1.54, 1.807) is 6.07 Å². The second-order valence-corrected chi connectivity index (χ2v) is 6.39. The van der Waals surface area contributed by atoms with Crippen LogP contribution >= 0.6 is 11.6 Å². The lowest BCUT2D eigenvalue weighted by atomic mass is 10.3. The molecule has 1 aromatic rings. The average molecular weight is 291 g/mol. The van der Waals surface area contributed by atoms with Crippen molar-refractivity contribution in [3.8, 4) is 0 Å². The monoisotopic (exact) mass is 290 g/mol. The quantitative estimate of drug-likeness (QED) is 0.834. The maximum absolute atomic E-state index is 12.4. The van der Waals surface area contributed by atoms with Crippen LogP contribution in [0, 0.1) is 0 Å². The van der Waals surface area contributed by atoms with Crippen LogP contribution < -0.4 is 5.73 Å². The summed E-state index contributed by atoms with van der Waals surface area (Å²) in [6.07, 6.45) is 0.680. The first-order chi connectivity index (χ1) is 8.51. The first-order valence-corrected chi connectivity index (χ1v) is 7.46. The van der Waals surface area contributed by atoms with Crippen molar-refractivity contribution in [3.05, 3.63) is 23.2 Å². The highest BCUT2D eigenvalue weighted by Crippen LogP contribution is 2.26. The van der Waals surface area contributed by atoms with Crippen LogP contribution in [0.3, 0.4) is 0 Å². The van der Waals surface area contributed by atoms with E-state index in [0.717, 1.165) is 0 Å². The number of anilines is 1. The zero-order valence-electron chi connectivity index (χ0n) is 9.80. The van der Waals surface area contributed by atoms with Crippen LogP contribution in [0.2, 0.25) is 5.02 Å². The number of hydrogen-bond acceptors (Lipinski definition) is 4. The van der Waals surface area contributed by atoms with Crippen LogP contribution in [0.15, 0.2) is 23.1 Å². The molecule has 0 aliphatic carbocycles. The summed E-state index contributed by atoms with van der Waals surface area (Å²) < 4.78 is 31.5. The molecule has 1 saturated heterocycles. The SMILES string of the molecule is Nc1ccc(Cl)cc1S(=O)(=O)N1CCCOCC1. The molecule has 1 heterocycles.